The molecule has 6 nitrogen and oxygen atoms in total. The highest BCUT2D eigenvalue weighted by atomic mass is 32.1. The van der Waals surface area contributed by atoms with E-state index in [9.17, 15) is 4.79 Å². The third-order valence-electron chi connectivity index (χ3n) is 3.64. The van der Waals surface area contributed by atoms with Crippen molar-refractivity contribution in [3.05, 3.63) is 33.5 Å². The number of thiazole rings is 1. The van der Waals surface area contributed by atoms with E-state index in [4.69, 9.17) is 4.74 Å². The lowest BCUT2D eigenvalue weighted by atomic mass is 10.0. The van der Waals surface area contributed by atoms with Crippen LogP contribution in [0.25, 0.3) is 0 Å². The molecule has 1 amide bonds. The minimum absolute atomic E-state index is 0.252. The lowest BCUT2D eigenvalue weighted by Crippen LogP contribution is -2.40. The van der Waals surface area contributed by atoms with Crippen LogP contribution >= 0.6 is 11.3 Å². The number of methoxy groups -OCH3 is 1. The number of hydrogen-bond donors (Lipinski definition) is 0. The molecule has 3 heterocycles. The number of carbonyl (C=O) groups is 1. The van der Waals surface area contributed by atoms with Gasteiger partial charge in [0, 0.05) is 30.6 Å². The van der Waals surface area contributed by atoms with Crippen molar-refractivity contribution in [2.75, 3.05) is 13.7 Å². The molecule has 0 aromatic carbocycles. The van der Waals surface area contributed by atoms with Gasteiger partial charge in [0.25, 0.3) is 0 Å². The summed E-state index contributed by atoms with van der Waals surface area (Å²) in [6.07, 6.45) is 0.481. The van der Waals surface area contributed by atoms with Gasteiger partial charge >= 0.3 is 6.09 Å². The zero-order valence-corrected chi connectivity index (χ0v) is 12.5. The van der Waals surface area contributed by atoms with Crippen LogP contribution in [0.3, 0.4) is 0 Å². The minimum Gasteiger partial charge on any atom is -0.453 e. The van der Waals surface area contributed by atoms with Crippen LogP contribution in [0.15, 0.2) is 11.6 Å². The summed E-state index contributed by atoms with van der Waals surface area (Å²) in [5.74, 6) is 0. The topological polar surface area (TPSA) is 60.2 Å². The maximum atomic E-state index is 12.0. The second-order valence-corrected chi connectivity index (χ2v) is 5.75. The molecule has 1 atom stereocenters. The predicted octanol–water partition coefficient (Wildman–Crippen LogP) is 1.90. The number of aromatic nitrogens is 3. The summed E-state index contributed by atoms with van der Waals surface area (Å²) < 4.78 is 6.71. The first-order chi connectivity index (χ1) is 9.61. The van der Waals surface area contributed by atoms with Crippen LogP contribution in [0.5, 0.6) is 0 Å². The Hall–Kier alpha value is -1.89. The molecule has 0 saturated carbocycles. The third-order valence-corrected chi connectivity index (χ3v) is 4.55. The van der Waals surface area contributed by atoms with Gasteiger partial charge in [0.15, 0.2) is 0 Å². The normalized spacial score (nSPS) is 17.9. The number of carbonyl (C=O) groups excluding carboxylic acids is 1. The SMILES string of the molecule is COC(=O)N1CCc2scnc2C1c1cc(C)n(C)n1. The average molecular weight is 292 g/mol. The van der Waals surface area contributed by atoms with Gasteiger partial charge in [-0.05, 0) is 13.0 Å². The highest BCUT2D eigenvalue weighted by molar-refractivity contribution is 7.09. The zero-order chi connectivity index (χ0) is 14.3. The molecule has 2 aromatic rings. The molecule has 0 bridgehead atoms. The van der Waals surface area contributed by atoms with Crippen molar-refractivity contribution in [1.82, 2.24) is 19.7 Å². The van der Waals surface area contributed by atoms with E-state index >= 15 is 0 Å². The summed E-state index contributed by atoms with van der Waals surface area (Å²) in [5, 5.41) is 4.51. The van der Waals surface area contributed by atoms with Crippen molar-refractivity contribution < 1.29 is 9.53 Å². The number of aryl methyl sites for hydroxylation is 2. The molecule has 0 fully saturated rings. The zero-order valence-electron chi connectivity index (χ0n) is 11.7. The average Bonchev–Trinajstić information content (AvgIpc) is 3.04. The molecule has 1 aliphatic heterocycles. The smallest absolute Gasteiger partial charge is 0.410 e. The Morgan fingerprint density at radius 2 is 2.35 bits per heavy atom. The van der Waals surface area contributed by atoms with E-state index in [1.165, 1.54) is 12.0 Å². The predicted molar refractivity (Wildman–Crippen MR) is 74.7 cm³/mol. The molecule has 20 heavy (non-hydrogen) atoms. The molecule has 0 radical (unpaired) electrons. The first-order valence-corrected chi connectivity index (χ1v) is 7.27. The molecule has 3 rings (SSSR count). The van der Waals surface area contributed by atoms with E-state index in [2.05, 4.69) is 10.1 Å². The van der Waals surface area contributed by atoms with Gasteiger partial charge in [-0.1, -0.05) is 0 Å². The fourth-order valence-corrected chi connectivity index (χ4v) is 3.31. The van der Waals surface area contributed by atoms with Crippen molar-refractivity contribution in [3.8, 4) is 0 Å². The number of fused-ring (bicyclic) bond motifs is 1. The van der Waals surface area contributed by atoms with Gasteiger partial charge in [0.1, 0.15) is 6.04 Å². The largest absolute Gasteiger partial charge is 0.453 e. The highest BCUT2D eigenvalue weighted by Gasteiger charge is 2.36. The van der Waals surface area contributed by atoms with Crippen LogP contribution in [-0.4, -0.2) is 39.4 Å². The van der Waals surface area contributed by atoms with E-state index in [1.54, 1.807) is 16.2 Å². The molecule has 106 valence electrons. The van der Waals surface area contributed by atoms with Gasteiger partial charge in [-0.3, -0.25) is 9.58 Å². The number of amides is 1. The number of nitrogens with zero attached hydrogens (tertiary/aromatic N) is 4. The Morgan fingerprint density at radius 1 is 1.55 bits per heavy atom. The Kier molecular flexibility index (Phi) is 3.21. The fraction of sp³-hybridized carbons (Fsp3) is 0.462. The molecular weight excluding hydrogens is 276 g/mol. The maximum Gasteiger partial charge on any atom is 0.410 e. The van der Waals surface area contributed by atoms with E-state index < -0.39 is 0 Å². The molecular formula is C13H16N4O2S. The van der Waals surface area contributed by atoms with Crippen molar-refractivity contribution in [3.63, 3.8) is 0 Å². The van der Waals surface area contributed by atoms with E-state index in [1.807, 2.05) is 30.2 Å². The Balaban J connectivity index is 2.08. The Labute approximate surface area is 121 Å². The quantitative estimate of drug-likeness (QED) is 0.805. The summed E-state index contributed by atoms with van der Waals surface area (Å²) in [6, 6.07) is 1.74. The summed E-state index contributed by atoms with van der Waals surface area (Å²) in [6.45, 7) is 2.62. The lowest BCUT2D eigenvalue weighted by molar-refractivity contribution is 0.107. The third kappa shape index (κ3) is 1.98. The van der Waals surface area contributed by atoms with E-state index in [-0.39, 0.29) is 12.1 Å². The molecule has 1 unspecified atom stereocenters. The van der Waals surface area contributed by atoms with Gasteiger partial charge in [0.05, 0.1) is 24.0 Å². The first kappa shape index (κ1) is 13.1. The molecule has 1 aliphatic rings. The van der Waals surface area contributed by atoms with Gasteiger partial charge < -0.3 is 4.74 Å². The van der Waals surface area contributed by atoms with Gasteiger partial charge in [-0.25, -0.2) is 9.78 Å². The van der Waals surface area contributed by atoms with E-state index in [0.29, 0.717) is 6.54 Å². The van der Waals surface area contributed by atoms with Gasteiger partial charge in [0.2, 0.25) is 0 Å². The molecule has 7 heteroatoms. The maximum absolute atomic E-state index is 12.0. The summed E-state index contributed by atoms with van der Waals surface area (Å²) >= 11 is 1.63. The summed E-state index contributed by atoms with van der Waals surface area (Å²) in [4.78, 5) is 19.4. The van der Waals surface area contributed by atoms with Crippen molar-refractivity contribution in [2.45, 2.75) is 19.4 Å². The van der Waals surface area contributed by atoms with Crippen LogP contribution in [0.4, 0.5) is 4.79 Å². The van der Waals surface area contributed by atoms with Gasteiger partial charge in [-0.15, -0.1) is 11.3 Å². The standard InChI is InChI=1S/C13H16N4O2S/c1-8-6-9(15-16(8)2)12-11-10(20-7-14-11)4-5-17(12)13(18)19-3/h6-7,12H,4-5H2,1-3H3. The molecule has 0 aliphatic carbocycles. The Bertz CT molecular complexity index is 629. The van der Waals surface area contributed by atoms with Crippen molar-refractivity contribution >= 4 is 17.4 Å². The summed E-state index contributed by atoms with van der Waals surface area (Å²) in [7, 11) is 3.30. The molecule has 2 aromatic heterocycles. The monoisotopic (exact) mass is 292 g/mol. The molecule has 0 N–H and O–H groups in total. The highest BCUT2D eigenvalue weighted by Crippen LogP contribution is 2.35. The van der Waals surface area contributed by atoms with Crippen LogP contribution in [0.1, 0.15) is 28.0 Å². The van der Waals surface area contributed by atoms with Crippen molar-refractivity contribution in [2.24, 2.45) is 7.05 Å². The molecule has 0 saturated heterocycles. The summed E-state index contributed by atoms with van der Waals surface area (Å²) in [5.41, 5.74) is 4.63. The number of rotatable bonds is 1. The first-order valence-electron chi connectivity index (χ1n) is 6.39. The second kappa shape index (κ2) is 4.90. The van der Waals surface area contributed by atoms with E-state index in [0.717, 1.165) is 23.5 Å². The second-order valence-electron chi connectivity index (χ2n) is 4.81. The lowest BCUT2D eigenvalue weighted by Gasteiger charge is -2.32. The van der Waals surface area contributed by atoms with Crippen LogP contribution in [0.2, 0.25) is 0 Å². The number of ether oxygens (including phenoxy) is 1. The number of hydrogen-bond acceptors (Lipinski definition) is 5. The van der Waals surface area contributed by atoms with Crippen LogP contribution in [0, 0.1) is 6.92 Å². The van der Waals surface area contributed by atoms with Crippen molar-refractivity contribution in [1.29, 1.82) is 0 Å². The van der Waals surface area contributed by atoms with Gasteiger partial charge in [-0.2, -0.15) is 5.10 Å². The van der Waals surface area contributed by atoms with Crippen LogP contribution in [-0.2, 0) is 18.2 Å². The van der Waals surface area contributed by atoms with Crippen LogP contribution < -0.4 is 0 Å². The minimum atomic E-state index is -0.336. The Morgan fingerprint density at radius 3 is 3.00 bits per heavy atom. The molecule has 0 spiro atoms. The fourth-order valence-electron chi connectivity index (χ4n) is 2.52.